The van der Waals surface area contributed by atoms with E-state index < -0.39 is 0 Å². The molecule has 0 aliphatic heterocycles. The predicted octanol–water partition coefficient (Wildman–Crippen LogP) is 4.80. The minimum Gasteiger partial charge on any atom is -0.330 e. The zero-order valence-corrected chi connectivity index (χ0v) is 13.2. The molecule has 0 heterocycles. The van der Waals surface area contributed by atoms with Crippen molar-refractivity contribution in [1.29, 1.82) is 0 Å². The van der Waals surface area contributed by atoms with Crippen molar-refractivity contribution < 1.29 is 0 Å². The van der Waals surface area contributed by atoms with Crippen LogP contribution in [0, 0.1) is 11.3 Å². The molecule has 1 nitrogen and oxygen atoms in total. The molecule has 1 saturated carbocycles. The highest BCUT2D eigenvalue weighted by molar-refractivity contribution is 9.10. The van der Waals surface area contributed by atoms with Crippen LogP contribution in [-0.4, -0.2) is 6.54 Å². The summed E-state index contributed by atoms with van der Waals surface area (Å²) in [7, 11) is 0. The van der Waals surface area contributed by atoms with Gasteiger partial charge in [-0.1, -0.05) is 46.9 Å². The van der Waals surface area contributed by atoms with E-state index in [1.54, 1.807) is 0 Å². The Morgan fingerprint density at radius 2 is 2.28 bits per heavy atom. The van der Waals surface area contributed by atoms with E-state index in [2.05, 4.69) is 35.0 Å². The molecule has 2 atom stereocenters. The van der Waals surface area contributed by atoms with Crippen LogP contribution < -0.4 is 5.73 Å². The van der Waals surface area contributed by atoms with Gasteiger partial charge in [0.1, 0.15) is 0 Å². The molecule has 0 aromatic heterocycles. The molecule has 3 heteroatoms. The Hall–Kier alpha value is -0.0500. The molecule has 18 heavy (non-hydrogen) atoms. The lowest BCUT2D eigenvalue weighted by atomic mass is 9.79. The molecule has 1 aromatic rings. The SMILES string of the molecule is CCC1CCC(CN)(Cc2ccc(Br)cc2Cl)C1. The standard InChI is InChI=1S/C15H21BrClN/c1-2-11-5-6-15(8-11,10-18)9-12-3-4-13(16)7-14(12)17/h3-4,7,11H,2,5-6,8-10,18H2,1H3. The molecule has 0 bridgehead atoms. The maximum Gasteiger partial charge on any atom is 0.0449 e. The molecule has 0 amide bonds. The molecule has 0 radical (unpaired) electrons. The van der Waals surface area contributed by atoms with Gasteiger partial charge in [-0.15, -0.1) is 0 Å². The fourth-order valence-electron chi connectivity index (χ4n) is 3.16. The number of benzene rings is 1. The highest BCUT2D eigenvalue weighted by atomic mass is 79.9. The first-order valence-corrected chi connectivity index (χ1v) is 7.89. The Bertz CT molecular complexity index is 421. The van der Waals surface area contributed by atoms with Crippen LogP contribution in [0.15, 0.2) is 22.7 Å². The van der Waals surface area contributed by atoms with E-state index in [1.165, 1.54) is 31.2 Å². The summed E-state index contributed by atoms with van der Waals surface area (Å²) in [6.45, 7) is 3.06. The number of hydrogen-bond acceptors (Lipinski definition) is 1. The fourth-order valence-corrected chi connectivity index (χ4v) is 3.90. The third kappa shape index (κ3) is 3.09. The van der Waals surface area contributed by atoms with Gasteiger partial charge in [0, 0.05) is 9.50 Å². The molecule has 1 aliphatic rings. The van der Waals surface area contributed by atoms with Crippen molar-refractivity contribution in [2.24, 2.45) is 17.1 Å². The average molecular weight is 331 g/mol. The first-order valence-electron chi connectivity index (χ1n) is 6.72. The van der Waals surface area contributed by atoms with E-state index in [4.69, 9.17) is 17.3 Å². The van der Waals surface area contributed by atoms with Crippen molar-refractivity contribution in [2.75, 3.05) is 6.54 Å². The monoisotopic (exact) mass is 329 g/mol. The molecule has 1 aliphatic carbocycles. The van der Waals surface area contributed by atoms with Crippen LogP contribution in [0.25, 0.3) is 0 Å². The number of halogens is 2. The summed E-state index contributed by atoms with van der Waals surface area (Å²) in [6.07, 6.45) is 6.12. The largest absolute Gasteiger partial charge is 0.330 e. The van der Waals surface area contributed by atoms with Crippen molar-refractivity contribution in [2.45, 2.75) is 39.0 Å². The van der Waals surface area contributed by atoms with Gasteiger partial charge in [0.2, 0.25) is 0 Å². The highest BCUT2D eigenvalue weighted by Crippen LogP contribution is 2.45. The zero-order valence-electron chi connectivity index (χ0n) is 10.9. The van der Waals surface area contributed by atoms with Gasteiger partial charge in [-0.05, 0) is 61.3 Å². The van der Waals surface area contributed by atoms with E-state index in [0.29, 0.717) is 0 Å². The van der Waals surface area contributed by atoms with Crippen LogP contribution >= 0.6 is 27.5 Å². The van der Waals surface area contributed by atoms with Crippen molar-refractivity contribution in [3.05, 3.63) is 33.3 Å². The number of hydrogen-bond donors (Lipinski definition) is 1. The first-order chi connectivity index (χ1) is 8.58. The van der Waals surface area contributed by atoms with Gasteiger partial charge in [0.05, 0.1) is 0 Å². The molecule has 2 N–H and O–H groups in total. The minimum atomic E-state index is 0.276. The molecule has 0 saturated heterocycles. The average Bonchev–Trinajstić information content (AvgIpc) is 2.77. The normalized spacial score (nSPS) is 27.7. The molecule has 1 aromatic carbocycles. The second-order valence-corrected chi connectivity index (χ2v) is 6.96. The molecule has 1 fully saturated rings. The van der Waals surface area contributed by atoms with Crippen LogP contribution in [0.2, 0.25) is 5.02 Å². The summed E-state index contributed by atoms with van der Waals surface area (Å²) in [4.78, 5) is 0. The highest BCUT2D eigenvalue weighted by Gasteiger charge is 2.37. The van der Waals surface area contributed by atoms with Crippen LogP contribution in [0.1, 0.15) is 38.2 Å². The molecular formula is C15H21BrClN. The van der Waals surface area contributed by atoms with E-state index in [9.17, 15) is 0 Å². The third-order valence-corrected chi connectivity index (χ3v) is 5.24. The fraction of sp³-hybridized carbons (Fsp3) is 0.600. The summed E-state index contributed by atoms with van der Waals surface area (Å²) in [6, 6.07) is 6.17. The van der Waals surface area contributed by atoms with Gasteiger partial charge in [0.15, 0.2) is 0 Å². The Morgan fingerprint density at radius 3 is 2.83 bits per heavy atom. The van der Waals surface area contributed by atoms with Crippen molar-refractivity contribution >= 4 is 27.5 Å². The summed E-state index contributed by atoms with van der Waals surface area (Å²) in [5.41, 5.74) is 7.58. The van der Waals surface area contributed by atoms with Gasteiger partial charge in [-0.2, -0.15) is 0 Å². The summed E-state index contributed by atoms with van der Waals surface area (Å²) >= 11 is 9.78. The smallest absolute Gasteiger partial charge is 0.0449 e. The zero-order chi connectivity index (χ0) is 13.2. The lowest BCUT2D eigenvalue weighted by Crippen LogP contribution is -2.30. The minimum absolute atomic E-state index is 0.276. The topological polar surface area (TPSA) is 26.0 Å². The van der Waals surface area contributed by atoms with Gasteiger partial charge < -0.3 is 5.73 Å². The summed E-state index contributed by atoms with van der Waals surface area (Å²) in [5, 5.41) is 0.858. The summed E-state index contributed by atoms with van der Waals surface area (Å²) < 4.78 is 1.04. The second kappa shape index (κ2) is 5.94. The quantitative estimate of drug-likeness (QED) is 0.843. The van der Waals surface area contributed by atoms with Crippen LogP contribution in [0.5, 0.6) is 0 Å². The van der Waals surface area contributed by atoms with E-state index >= 15 is 0 Å². The lowest BCUT2D eigenvalue weighted by Gasteiger charge is -2.28. The molecule has 2 unspecified atom stereocenters. The van der Waals surface area contributed by atoms with Crippen LogP contribution in [0.3, 0.4) is 0 Å². The summed E-state index contributed by atoms with van der Waals surface area (Å²) in [5.74, 6) is 0.850. The van der Waals surface area contributed by atoms with E-state index in [-0.39, 0.29) is 5.41 Å². The number of nitrogens with two attached hydrogens (primary N) is 1. The van der Waals surface area contributed by atoms with Gasteiger partial charge in [-0.3, -0.25) is 0 Å². The maximum absolute atomic E-state index is 6.33. The molecule has 0 spiro atoms. The number of rotatable bonds is 4. The Balaban J connectivity index is 2.16. The van der Waals surface area contributed by atoms with Gasteiger partial charge in [-0.25, -0.2) is 0 Å². The Morgan fingerprint density at radius 1 is 1.50 bits per heavy atom. The predicted molar refractivity (Wildman–Crippen MR) is 82.0 cm³/mol. The van der Waals surface area contributed by atoms with Gasteiger partial charge in [0.25, 0.3) is 0 Å². The van der Waals surface area contributed by atoms with Crippen molar-refractivity contribution in [3.8, 4) is 0 Å². The Labute approximate surface area is 123 Å². The van der Waals surface area contributed by atoms with E-state index in [0.717, 1.165) is 28.4 Å². The molecular weight excluding hydrogens is 310 g/mol. The van der Waals surface area contributed by atoms with Crippen molar-refractivity contribution in [1.82, 2.24) is 0 Å². The Kier molecular flexibility index (Phi) is 4.74. The maximum atomic E-state index is 6.33. The van der Waals surface area contributed by atoms with Crippen LogP contribution in [0.4, 0.5) is 0 Å². The van der Waals surface area contributed by atoms with Crippen LogP contribution in [-0.2, 0) is 6.42 Å². The van der Waals surface area contributed by atoms with Crippen molar-refractivity contribution in [3.63, 3.8) is 0 Å². The molecule has 2 rings (SSSR count). The van der Waals surface area contributed by atoms with Gasteiger partial charge >= 0.3 is 0 Å². The van der Waals surface area contributed by atoms with E-state index in [1.807, 2.05) is 6.07 Å². The first kappa shape index (κ1) is 14.4. The lowest BCUT2D eigenvalue weighted by molar-refractivity contribution is 0.291. The molecule has 100 valence electrons. The third-order valence-electron chi connectivity index (χ3n) is 4.40. The second-order valence-electron chi connectivity index (χ2n) is 5.63.